The molecule has 1 atom stereocenters. The van der Waals surface area contributed by atoms with Gasteiger partial charge in [0.05, 0.1) is 19.0 Å². The molecule has 5 N–H and O–H groups in total. The van der Waals surface area contributed by atoms with Crippen LogP contribution in [0.2, 0.25) is 0 Å². The molecule has 2 aromatic heterocycles. The molecule has 0 aliphatic carbocycles. The summed E-state index contributed by atoms with van der Waals surface area (Å²) >= 11 is 0. The Balaban J connectivity index is 2.20. The van der Waals surface area contributed by atoms with Crippen LogP contribution in [0.3, 0.4) is 0 Å². The van der Waals surface area contributed by atoms with Crippen LogP contribution < -0.4 is 5.73 Å². The monoisotopic (exact) mass is 317 g/mol. The number of ether oxygens (including phenoxy) is 1. The molecule has 1 unspecified atom stereocenters. The van der Waals surface area contributed by atoms with Crippen molar-refractivity contribution in [1.82, 2.24) is 19.5 Å². The Morgan fingerprint density at radius 1 is 1.38 bits per heavy atom. The first-order chi connectivity index (χ1) is 9.92. The first-order valence-electron chi connectivity index (χ1n) is 6.08. The van der Waals surface area contributed by atoms with Crippen LogP contribution >= 0.6 is 7.60 Å². The van der Waals surface area contributed by atoms with Gasteiger partial charge in [-0.1, -0.05) is 0 Å². The van der Waals surface area contributed by atoms with Crippen molar-refractivity contribution in [3.8, 4) is 0 Å². The third-order valence-electron chi connectivity index (χ3n) is 2.81. The number of nitrogens with zero attached hydrogens (tertiary/aromatic N) is 4. The molecular formula is C10H16N5O5P. The molecule has 0 fully saturated rings. The number of hydrogen-bond donors (Lipinski definition) is 4. The number of aromatic nitrogens is 4. The van der Waals surface area contributed by atoms with Crippen LogP contribution in [0.15, 0.2) is 12.7 Å². The number of anilines is 1. The molecule has 116 valence electrons. The lowest BCUT2D eigenvalue weighted by Crippen LogP contribution is -2.17. The largest absolute Gasteiger partial charge is 0.396 e. The van der Waals surface area contributed by atoms with Crippen molar-refractivity contribution in [3.63, 3.8) is 0 Å². The summed E-state index contributed by atoms with van der Waals surface area (Å²) in [5.41, 5.74) is 6.59. The molecular weight excluding hydrogens is 301 g/mol. The number of aliphatic hydroxyl groups is 1. The number of imidazole rings is 1. The average Bonchev–Trinajstić information content (AvgIpc) is 2.81. The number of hydrogen-bond acceptors (Lipinski definition) is 7. The van der Waals surface area contributed by atoms with Crippen LogP contribution in [0.4, 0.5) is 5.82 Å². The predicted octanol–water partition coefficient (Wildman–Crippen LogP) is -0.516. The van der Waals surface area contributed by atoms with Gasteiger partial charge in [0, 0.05) is 6.61 Å². The number of rotatable bonds is 7. The Hall–Kier alpha value is -1.58. The van der Waals surface area contributed by atoms with Gasteiger partial charge in [-0.2, -0.15) is 0 Å². The normalized spacial score (nSPS) is 13.7. The Morgan fingerprint density at radius 2 is 2.14 bits per heavy atom. The Morgan fingerprint density at radius 3 is 2.81 bits per heavy atom. The highest BCUT2D eigenvalue weighted by molar-refractivity contribution is 7.51. The summed E-state index contributed by atoms with van der Waals surface area (Å²) < 4.78 is 17.4. The van der Waals surface area contributed by atoms with E-state index in [1.54, 1.807) is 4.57 Å². The molecule has 0 aliphatic rings. The molecule has 21 heavy (non-hydrogen) atoms. The minimum atomic E-state index is -4.23. The van der Waals surface area contributed by atoms with Crippen molar-refractivity contribution in [3.05, 3.63) is 12.7 Å². The predicted molar refractivity (Wildman–Crippen MR) is 73.3 cm³/mol. The molecule has 0 saturated carbocycles. The van der Waals surface area contributed by atoms with Crippen LogP contribution in [0.5, 0.6) is 0 Å². The summed E-state index contributed by atoms with van der Waals surface area (Å²) in [6, 6.07) is -0.374. The summed E-state index contributed by atoms with van der Waals surface area (Å²) in [4.78, 5) is 29.6. The highest BCUT2D eigenvalue weighted by Crippen LogP contribution is 2.34. The van der Waals surface area contributed by atoms with Crippen LogP contribution in [-0.4, -0.2) is 54.0 Å². The van der Waals surface area contributed by atoms with Crippen LogP contribution in [-0.2, 0) is 9.30 Å². The highest BCUT2D eigenvalue weighted by Gasteiger charge is 2.19. The van der Waals surface area contributed by atoms with Gasteiger partial charge in [-0.25, -0.2) is 15.0 Å². The third kappa shape index (κ3) is 3.96. The van der Waals surface area contributed by atoms with E-state index >= 15 is 0 Å². The van der Waals surface area contributed by atoms with Crippen LogP contribution in [0.25, 0.3) is 11.2 Å². The lowest BCUT2D eigenvalue weighted by atomic mass is 10.2. The minimum Gasteiger partial charge on any atom is -0.396 e. The number of nitrogen functional groups attached to an aromatic ring is 1. The molecule has 0 saturated heterocycles. The summed E-state index contributed by atoms with van der Waals surface area (Å²) in [6.07, 6.45) is 2.41. The second-order valence-electron chi connectivity index (χ2n) is 4.41. The van der Waals surface area contributed by atoms with E-state index in [2.05, 4.69) is 15.0 Å². The number of aliphatic hydroxyl groups excluding tert-OH is 1. The molecule has 0 bridgehead atoms. The molecule has 0 spiro atoms. The number of fused-ring (bicyclic) bond motifs is 1. The van der Waals surface area contributed by atoms with Crippen LogP contribution in [0, 0.1) is 0 Å². The maximum absolute atomic E-state index is 10.8. The second kappa shape index (κ2) is 6.46. The maximum atomic E-state index is 10.8. The molecule has 0 aromatic carbocycles. The lowest BCUT2D eigenvalue weighted by Gasteiger charge is -2.18. The Bertz CT molecular complexity index is 656. The van der Waals surface area contributed by atoms with E-state index in [1.165, 1.54) is 12.7 Å². The van der Waals surface area contributed by atoms with E-state index in [0.29, 0.717) is 17.6 Å². The fourth-order valence-electron chi connectivity index (χ4n) is 1.90. The standard InChI is InChI=1S/C10H16N5O5P/c11-9-8-10(13-4-12-9)15(5-14-8)7(1-2-16)3-20-6-21(17,18)19/h4-5,7,16H,1-3,6H2,(H2,11,12,13)(H2,17,18,19). The van der Waals surface area contributed by atoms with Crippen molar-refractivity contribution in [2.45, 2.75) is 12.5 Å². The van der Waals surface area contributed by atoms with E-state index < -0.39 is 13.9 Å². The van der Waals surface area contributed by atoms with Crippen molar-refractivity contribution < 1.29 is 24.2 Å². The Kier molecular flexibility index (Phi) is 4.86. The minimum absolute atomic E-state index is 0.00103. The molecule has 11 heteroatoms. The molecule has 0 amide bonds. The average molecular weight is 317 g/mol. The fraction of sp³-hybridized carbons (Fsp3) is 0.500. The van der Waals surface area contributed by atoms with E-state index in [1.807, 2.05) is 0 Å². The quantitative estimate of drug-likeness (QED) is 0.493. The lowest BCUT2D eigenvalue weighted by molar-refractivity contribution is 0.112. The summed E-state index contributed by atoms with van der Waals surface area (Å²) in [6.45, 7) is -0.120. The third-order valence-corrected chi connectivity index (χ3v) is 3.33. The summed E-state index contributed by atoms with van der Waals surface area (Å²) in [5, 5.41) is 9.12. The molecule has 2 heterocycles. The topological polar surface area (TPSA) is 157 Å². The zero-order valence-electron chi connectivity index (χ0n) is 11.0. The highest BCUT2D eigenvalue weighted by atomic mass is 31.2. The van der Waals surface area contributed by atoms with E-state index in [0.717, 1.165) is 0 Å². The van der Waals surface area contributed by atoms with E-state index in [9.17, 15) is 4.57 Å². The maximum Gasteiger partial charge on any atom is 0.350 e. The van der Waals surface area contributed by atoms with E-state index in [4.69, 9.17) is 25.4 Å². The Labute approximate surface area is 119 Å². The van der Waals surface area contributed by atoms with Gasteiger partial charge in [-0.05, 0) is 6.42 Å². The fourth-order valence-corrected chi connectivity index (χ4v) is 2.24. The first-order valence-corrected chi connectivity index (χ1v) is 7.88. The van der Waals surface area contributed by atoms with Gasteiger partial charge in [0.2, 0.25) is 0 Å². The summed E-state index contributed by atoms with van der Waals surface area (Å²) in [5.74, 6) is 0.234. The molecule has 2 rings (SSSR count). The van der Waals surface area contributed by atoms with Gasteiger partial charge in [-0.3, -0.25) is 4.57 Å². The van der Waals surface area contributed by atoms with Gasteiger partial charge in [-0.15, -0.1) is 0 Å². The van der Waals surface area contributed by atoms with Crippen molar-refractivity contribution in [2.75, 3.05) is 25.3 Å². The molecule has 10 nitrogen and oxygen atoms in total. The van der Waals surface area contributed by atoms with E-state index in [-0.39, 0.29) is 25.1 Å². The second-order valence-corrected chi connectivity index (χ2v) is 6.00. The zero-order valence-corrected chi connectivity index (χ0v) is 11.9. The van der Waals surface area contributed by atoms with Crippen molar-refractivity contribution in [1.29, 1.82) is 0 Å². The first kappa shape index (κ1) is 15.8. The summed E-state index contributed by atoms with van der Waals surface area (Å²) in [7, 11) is -4.23. The van der Waals surface area contributed by atoms with Crippen molar-refractivity contribution >= 4 is 24.6 Å². The SMILES string of the molecule is Nc1ncnc2c1ncn2C(CCO)COCP(=O)(O)O. The molecule has 0 radical (unpaired) electrons. The van der Waals surface area contributed by atoms with Crippen molar-refractivity contribution in [2.24, 2.45) is 0 Å². The van der Waals surface area contributed by atoms with Gasteiger partial charge in [0.15, 0.2) is 11.5 Å². The number of nitrogens with two attached hydrogens (primary N) is 1. The molecule has 0 aliphatic heterocycles. The van der Waals surface area contributed by atoms with Gasteiger partial charge < -0.3 is 29.9 Å². The van der Waals surface area contributed by atoms with Gasteiger partial charge >= 0.3 is 7.60 Å². The van der Waals surface area contributed by atoms with Gasteiger partial charge in [0.25, 0.3) is 0 Å². The molecule has 2 aromatic rings. The smallest absolute Gasteiger partial charge is 0.350 e. The van der Waals surface area contributed by atoms with Crippen LogP contribution in [0.1, 0.15) is 12.5 Å². The van der Waals surface area contributed by atoms with Gasteiger partial charge in [0.1, 0.15) is 18.2 Å². The zero-order chi connectivity index (χ0) is 15.5.